The molecule has 3 rings (SSSR count). The molecule has 29 heavy (non-hydrogen) atoms. The fraction of sp³-hybridized carbons (Fsp3) is 0.500. The van der Waals surface area contributed by atoms with Crippen molar-refractivity contribution in [3.63, 3.8) is 0 Å². The average molecular weight is 401 g/mol. The van der Waals surface area contributed by atoms with Gasteiger partial charge in [-0.15, -0.1) is 0 Å². The van der Waals surface area contributed by atoms with Crippen molar-refractivity contribution in [3.05, 3.63) is 33.8 Å². The molecule has 1 aliphatic rings. The van der Waals surface area contributed by atoms with Crippen LogP contribution >= 0.6 is 0 Å². The van der Waals surface area contributed by atoms with Crippen molar-refractivity contribution >= 4 is 23.5 Å². The van der Waals surface area contributed by atoms with Gasteiger partial charge in [-0.05, 0) is 31.8 Å². The molecule has 2 aromatic heterocycles. The molecule has 1 saturated carbocycles. The fourth-order valence-corrected chi connectivity index (χ4v) is 2.99. The van der Waals surface area contributed by atoms with Gasteiger partial charge in [0, 0.05) is 37.8 Å². The van der Waals surface area contributed by atoms with Gasteiger partial charge in [0.25, 0.3) is 11.5 Å². The molecule has 0 atom stereocenters. The molecule has 2 heterocycles. The summed E-state index contributed by atoms with van der Waals surface area (Å²) in [6.45, 7) is 6.67. The van der Waals surface area contributed by atoms with E-state index in [0.29, 0.717) is 24.3 Å². The molecule has 2 aromatic rings. The van der Waals surface area contributed by atoms with Crippen LogP contribution in [0, 0.1) is 5.92 Å². The number of aromatic hydroxyl groups is 1. The Morgan fingerprint density at radius 1 is 1.41 bits per heavy atom. The monoisotopic (exact) mass is 401 g/mol. The highest BCUT2D eigenvalue weighted by Gasteiger charge is 2.29. The molecule has 156 valence electrons. The molecule has 9 heteroatoms. The van der Waals surface area contributed by atoms with E-state index in [2.05, 4.69) is 10.4 Å². The number of hydrogen-bond donors (Lipinski definition) is 2. The first-order valence-corrected chi connectivity index (χ1v) is 9.82. The maximum absolute atomic E-state index is 13.1. The Morgan fingerprint density at radius 2 is 2.10 bits per heavy atom. The normalized spacial score (nSPS) is 14.1. The topological polar surface area (TPSA) is 109 Å². The van der Waals surface area contributed by atoms with Crippen LogP contribution in [0.2, 0.25) is 0 Å². The van der Waals surface area contributed by atoms with Gasteiger partial charge in [-0.25, -0.2) is 0 Å². The standard InChI is InChI=1S/C20H27N5O4/c1-5-23(4)15(26)9-6-13-10-21-25-18(13)24(11-12(2)3)19(28)16(20(25)29)17(27)22-14-7-8-14/h6,9-10,12,14,29H,5,7-8,11H2,1-4H3,(H,22,27)/b9-6+. The zero-order valence-electron chi connectivity index (χ0n) is 17.2. The molecule has 2 amide bonds. The zero-order valence-corrected chi connectivity index (χ0v) is 17.2. The van der Waals surface area contributed by atoms with E-state index in [1.807, 2.05) is 20.8 Å². The van der Waals surface area contributed by atoms with Crippen molar-refractivity contribution in [2.75, 3.05) is 13.6 Å². The Morgan fingerprint density at radius 3 is 2.69 bits per heavy atom. The maximum Gasteiger partial charge on any atom is 0.270 e. The number of hydrogen-bond acceptors (Lipinski definition) is 5. The van der Waals surface area contributed by atoms with E-state index < -0.39 is 17.3 Å². The minimum Gasteiger partial charge on any atom is -0.492 e. The van der Waals surface area contributed by atoms with Gasteiger partial charge in [0.15, 0.2) is 5.56 Å². The van der Waals surface area contributed by atoms with E-state index in [0.717, 1.165) is 12.8 Å². The first-order valence-electron chi connectivity index (χ1n) is 9.82. The molecule has 0 aliphatic heterocycles. The first-order chi connectivity index (χ1) is 13.7. The third kappa shape index (κ3) is 4.18. The van der Waals surface area contributed by atoms with Crippen LogP contribution in [0.5, 0.6) is 5.88 Å². The lowest BCUT2D eigenvalue weighted by molar-refractivity contribution is -0.124. The molecular weight excluding hydrogens is 374 g/mol. The van der Waals surface area contributed by atoms with Crippen LogP contribution in [0.25, 0.3) is 11.7 Å². The average Bonchev–Trinajstić information content (AvgIpc) is 3.38. The van der Waals surface area contributed by atoms with Crippen molar-refractivity contribution in [3.8, 4) is 5.88 Å². The lowest BCUT2D eigenvalue weighted by atomic mass is 10.2. The van der Waals surface area contributed by atoms with Crippen molar-refractivity contribution in [2.24, 2.45) is 5.92 Å². The number of nitrogens with zero attached hydrogens (tertiary/aromatic N) is 4. The molecule has 0 saturated heterocycles. The van der Waals surface area contributed by atoms with Gasteiger partial charge in [0.1, 0.15) is 5.65 Å². The molecule has 0 radical (unpaired) electrons. The van der Waals surface area contributed by atoms with Gasteiger partial charge < -0.3 is 15.3 Å². The van der Waals surface area contributed by atoms with Crippen molar-refractivity contribution < 1.29 is 14.7 Å². The van der Waals surface area contributed by atoms with Gasteiger partial charge in [-0.1, -0.05) is 13.8 Å². The zero-order chi connectivity index (χ0) is 21.3. The van der Waals surface area contributed by atoms with Crippen LogP contribution in [-0.2, 0) is 11.3 Å². The molecule has 1 fully saturated rings. The highest BCUT2D eigenvalue weighted by atomic mass is 16.3. The van der Waals surface area contributed by atoms with Crippen molar-refractivity contribution in [2.45, 2.75) is 46.2 Å². The van der Waals surface area contributed by atoms with Gasteiger partial charge in [0.2, 0.25) is 11.8 Å². The van der Waals surface area contributed by atoms with E-state index in [1.165, 1.54) is 21.4 Å². The summed E-state index contributed by atoms with van der Waals surface area (Å²) in [5, 5.41) is 17.5. The summed E-state index contributed by atoms with van der Waals surface area (Å²) < 4.78 is 2.62. The summed E-state index contributed by atoms with van der Waals surface area (Å²) in [6.07, 6.45) is 6.16. The molecule has 9 nitrogen and oxygen atoms in total. The third-order valence-corrected chi connectivity index (χ3v) is 4.85. The van der Waals surface area contributed by atoms with Gasteiger partial charge >= 0.3 is 0 Å². The Balaban J connectivity index is 2.14. The third-order valence-electron chi connectivity index (χ3n) is 4.85. The second kappa shape index (κ2) is 8.10. The number of likely N-dealkylation sites (N-methyl/N-ethyl adjacent to an activating group) is 1. The second-order valence-electron chi connectivity index (χ2n) is 7.78. The summed E-state index contributed by atoms with van der Waals surface area (Å²) in [4.78, 5) is 39.3. The number of carbonyl (C=O) groups excluding carboxylic acids is 2. The first kappa shape index (κ1) is 20.6. The Kier molecular flexibility index (Phi) is 5.76. The van der Waals surface area contributed by atoms with Crippen molar-refractivity contribution in [1.82, 2.24) is 24.4 Å². The number of amides is 2. The van der Waals surface area contributed by atoms with E-state index >= 15 is 0 Å². The summed E-state index contributed by atoms with van der Waals surface area (Å²) in [5.41, 5.74) is -0.0445. The maximum atomic E-state index is 13.1. The molecule has 0 bridgehead atoms. The lowest BCUT2D eigenvalue weighted by Gasteiger charge is -2.15. The van der Waals surface area contributed by atoms with E-state index in [9.17, 15) is 19.5 Å². The van der Waals surface area contributed by atoms with Crippen molar-refractivity contribution in [1.29, 1.82) is 0 Å². The largest absolute Gasteiger partial charge is 0.492 e. The van der Waals surface area contributed by atoms with Crippen LogP contribution < -0.4 is 10.9 Å². The minimum atomic E-state index is -0.596. The van der Waals surface area contributed by atoms with E-state index in [4.69, 9.17) is 0 Å². The van der Waals surface area contributed by atoms with E-state index in [-0.39, 0.29) is 23.4 Å². The molecule has 0 spiro atoms. The van der Waals surface area contributed by atoms with E-state index in [1.54, 1.807) is 18.0 Å². The van der Waals surface area contributed by atoms with Crippen LogP contribution in [0.1, 0.15) is 49.5 Å². The van der Waals surface area contributed by atoms with Gasteiger partial charge in [-0.3, -0.25) is 19.0 Å². The minimum absolute atomic E-state index is 0.0493. The number of nitrogens with one attached hydrogen (secondary N) is 1. The molecule has 2 N–H and O–H groups in total. The Labute approximate surface area is 168 Å². The smallest absolute Gasteiger partial charge is 0.270 e. The van der Waals surface area contributed by atoms with Gasteiger partial charge in [0.05, 0.1) is 6.20 Å². The number of rotatable bonds is 7. The second-order valence-corrected chi connectivity index (χ2v) is 7.78. The highest BCUT2D eigenvalue weighted by molar-refractivity contribution is 5.97. The van der Waals surface area contributed by atoms with Crippen LogP contribution in [0.3, 0.4) is 0 Å². The fourth-order valence-electron chi connectivity index (χ4n) is 2.99. The summed E-state index contributed by atoms with van der Waals surface area (Å²) in [5.74, 6) is -1.17. The predicted molar refractivity (Wildman–Crippen MR) is 109 cm³/mol. The number of aromatic nitrogens is 3. The summed E-state index contributed by atoms with van der Waals surface area (Å²) >= 11 is 0. The van der Waals surface area contributed by atoms with Gasteiger partial charge in [-0.2, -0.15) is 9.61 Å². The number of carbonyl (C=O) groups is 2. The Bertz CT molecular complexity index is 1030. The predicted octanol–water partition coefficient (Wildman–Crippen LogP) is 1.24. The molecule has 1 aliphatic carbocycles. The molecule has 0 aromatic carbocycles. The number of fused-ring (bicyclic) bond motifs is 1. The molecular formula is C20H27N5O4. The summed E-state index contributed by atoms with van der Waals surface area (Å²) in [6, 6.07) is 0.0493. The lowest BCUT2D eigenvalue weighted by Crippen LogP contribution is -2.36. The Hall–Kier alpha value is -3.10. The SMILES string of the molecule is CCN(C)C(=O)/C=C/c1cnn2c(O)c(C(=O)NC3CC3)c(=O)n(CC(C)C)c12. The summed E-state index contributed by atoms with van der Waals surface area (Å²) in [7, 11) is 1.69. The quantitative estimate of drug-likeness (QED) is 0.679. The highest BCUT2D eigenvalue weighted by Crippen LogP contribution is 2.23. The van der Waals surface area contributed by atoms with Crippen LogP contribution in [0.4, 0.5) is 0 Å². The van der Waals surface area contributed by atoms with Crippen LogP contribution in [-0.4, -0.2) is 55.6 Å². The molecule has 0 unspecified atom stereocenters. The van der Waals surface area contributed by atoms with Crippen LogP contribution in [0.15, 0.2) is 17.1 Å².